The van der Waals surface area contributed by atoms with E-state index in [1.807, 2.05) is 6.92 Å². The number of unbranched alkanes of at least 4 members (excludes halogenated alkanes) is 4. The van der Waals surface area contributed by atoms with Crippen LogP contribution in [0.3, 0.4) is 0 Å². The zero-order valence-corrected chi connectivity index (χ0v) is 14.2. The zero-order valence-electron chi connectivity index (χ0n) is 14.2. The number of ether oxygens (including phenoxy) is 1. The maximum Gasteiger partial charge on any atom is 0.323 e. The Labute approximate surface area is 131 Å². The summed E-state index contributed by atoms with van der Waals surface area (Å²) in [4.78, 5) is 12.1. The second-order valence-electron chi connectivity index (χ2n) is 6.36. The second-order valence-corrected chi connectivity index (χ2v) is 6.36. The molecule has 1 rings (SSSR count). The lowest BCUT2D eigenvalue weighted by Crippen LogP contribution is -2.44. The summed E-state index contributed by atoms with van der Waals surface area (Å²) in [5.41, 5.74) is 0. The van der Waals surface area contributed by atoms with Crippen LogP contribution in [-0.4, -0.2) is 24.7 Å². The summed E-state index contributed by atoms with van der Waals surface area (Å²) in [6.07, 6.45) is 14.9. The molecule has 0 spiro atoms. The van der Waals surface area contributed by atoms with Gasteiger partial charge in [0.15, 0.2) is 0 Å². The van der Waals surface area contributed by atoms with Crippen molar-refractivity contribution < 1.29 is 9.53 Å². The minimum absolute atomic E-state index is 0.0442. The number of hydrogen-bond donors (Lipinski definition) is 1. The Kier molecular flexibility index (Phi) is 10.6. The van der Waals surface area contributed by atoms with E-state index in [-0.39, 0.29) is 12.0 Å². The van der Waals surface area contributed by atoms with Crippen molar-refractivity contribution in [2.75, 3.05) is 6.61 Å². The highest BCUT2D eigenvalue weighted by Gasteiger charge is 2.23. The van der Waals surface area contributed by atoms with Crippen molar-refractivity contribution in [3.63, 3.8) is 0 Å². The molecule has 0 saturated heterocycles. The number of carbonyl (C=O) groups is 1. The van der Waals surface area contributed by atoms with Crippen molar-refractivity contribution in [3.05, 3.63) is 0 Å². The third-order valence-electron chi connectivity index (χ3n) is 4.46. The predicted molar refractivity (Wildman–Crippen MR) is 88.4 cm³/mol. The van der Waals surface area contributed by atoms with E-state index in [0.29, 0.717) is 12.6 Å². The predicted octanol–water partition coefficient (Wildman–Crippen LogP) is 4.59. The fourth-order valence-corrected chi connectivity index (χ4v) is 3.19. The Balaban J connectivity index is 2.37. The average Bonchev–Trinajstić information content (AvgIpc) is 2.74. The molecule has 1 fully saturated rings. The normalized spacial score (nSPS) is 18.2. The molecule has 0 aromatic rings. The minimum atomic E-state index is -0.0883. The van der Waals surface area contributed by atoms with Crippen LogP contribution in [-0.2, 0) is 9.53 Å². The molecule has 1 unspecified atom stereocenters. The van der Waals surface area contributed by atoms with E-state index in [1.54, 1.807) is 0 Å². The number of esters is 1. The van der Waals surface area contributed by atoms with Crippen molar-refractivity contribution in [2.24, 2.45) is 0 Å². The van der Waals surface area contributed by atoms with Crippen molar-refractivity contribution in [3.8, 4) is 0 Å². The van der Waals surface area contributed by atoms with Crippen molar-refractivity contribution in [1.29, 1.82) is 0 Å². The fraction of sp³-hybridized carbons (Fsp3) is 0.944. The molecule has 0 aromatic heterocycles. The van der Waals surface area contributed by atoms with Gasteiger partial charge < -0.3 is 10.1 Å². The van der Waals surface area contributed by atoms with E-state index < -0.39 is 0 Å². The molecule has 0 heterocycles. The number of nitrogens with one attached hydrogen (secondary N) is 1. The van der Waals surface area contributed by atoms with E-state index in [4.69, 9.17) is 4.74 Å². The lowest BCUT2D eigenvalue weighted by atomic mass is 10.0. The third kappa shape index (κ3) is 8.45. The largest absolute Gasteiger partial charge is 0.465 e. The van der Waals surface area contributed by atoms with Gasteiger partial charge in [0.1, 0.15) is 6.04 Å². The molecule has 1 atom stereocenters. The van der Waals surface area contributed by atoms with Gasteiger partial charge in [0.25, 0.3) is 0 Å². The van der Waals surface area contributed by atoms with E-state index in [2.05, 4.69) is 12.2 Å². The molecule has 1 N–H and O–H groups in total. The van der Waals surface area contributed by atoms with Crippen LogP contribution in [0.15, 0.2) is 0 Å². The van der Waals surface area contributed by atoms with Crippen molar-refractivity contribution in [2.45, 2.75) is 103 Å². The van der Waals surface area contributed by atoms with Gasteiger partial charge in [0.2, 0.25) is 0 Å². The van der Waals surface area contributed by atoms with Gasteiger partial charge in [0.05, 0.1) is 6.61 Å². The maximum absolute atomic E-state index is 12.1. The highest BCUT2D eigenvalue weighted by molar-refractivity contribution is 5.75. The molecular formula is C18H35NO2. The van der Waals surface area contributed by atoms with E-state index in [9.17, 15) is 4.79 Å². The van der Waals surface area contributed by atoms with Crippen LogP contribution >= 0.6 is 0 Å². The second kappa shape index (κ2) is 12.0. The summed E-state index contributed by atoms with van der Waals surface area (Å²) in [6.45, 7) is 4.61. The van der Waals surface area contributed by atoms with Gasteiger partial charge in [-0.2, -0.15) is 0 Å². The zero-order chi connectivity index (χ0) is 15.3. The SMILES string of the molecule is CCCCCCCC(NC1CCCCCC1)C(=O)OCC. The van der Waals surface area contributed by atoms with Gasteiger partial charge in [-0.05, 0) is 26.2 Å². The van der Waals surface area contributed by atoms with Crippen molar-refractivity contribution >= 4 is 5.97 Å². The summed E-state index contributed by atoms with van der Waals surface area (Å²) >= 11 is 0. The molecule has 1 aliphatic rings. The molecule has 0 radical (unpaired) electrons. The van der Waals surface area contributed by atoms with Gasteiger partial charge >= 0.3 is 5.97 Å². The topological polar surface area (TPSA) is 38.3 Å². The van der Waals surface area contributed by atoms with Crippen LogP contribution in [0.4, 0.5) is 0 Å². The first kappa shape index (κ1) is 18.5. The van der Waals surface area contributed by atoms with Gasteiger partial charge in [0, 0.05) is 6.04 Å². The van der Waals surface area contributed by atoms with E-state index in [1.165, 1.54) is 64.2 Å². The number of rotatable bonds is 10. The molecule has 21 heavy (non-hydrogen) atoms. The van der Waals surface area contributed by atoms with Crippen LogP contribution < -0.4 is 5.32 Å². The molecule has 3 nitrogen and oxygen atoms in total. The average molecular weight is 297 g/mol. The molecule has 0 aromatic carbocycles. The van der Waals surface area contributed by atoms with Gasteiger partial charge in [-0.15, -0.1) is 0 Å². The summed E-state index contributed by atoms with van der Waals surface area (Å²) in [5, 5.41) is 3.60. The highest BCUT2D eigenvalue weighted by atomic mass is 16.5. The maximum atomic E-state index is 12.1. The summed E-state index contributed by atoms with van der Waals surface area (Å²) in [7, 11) is 0. The molecule has 0 aliphatic heterocycles. The van der Waals surface area contributed by atoms with E-state index >= 15 is 0 Å². The van der Waals surface area contributed by atoms with Crippen LogP contribution in [0.25, 0.3) is 0 Å². The molecule has 0 bridgehead atoms. The smallest absolute Gasteiger partial charge is 0.323 e. The summed E-state index contributed by atoms with van der Waals surface area (Å²) < 4.78 is 5.25. The van der Waals surface area contributed by atoms with Crippen molar-refractivity contribution in [1.82, 2.24) is 5.32 Å². The molecule has 1 saturated carbocycles. The standard InChI is InChI=1S/C18H35NO2/c1-3-5-6-7-12-15-17(18(20)21-4-2)19-16-13-10-8-9-11-14-16/h16-17,19H,3-15H2,1-2H3. The number of carbonyl (C=O) groups excluding carboxylic acids is 1. The first-order chi connectivity index (χ1) is 10.3. The molecule has 3 heteroatoms. The minimum Gasteiger partial charge on any atom is -0.465 e. The van der Waals surface area contributed by atoms with Crippen LogP contribution in [0.1, 0.15) is 90.9 Å². The first-order valence-corrected chi connectivity index (χ1v) is 9.20. The highest BCUT2D eigenvalue weighted by Crippen LogP contribution is 2.19. The Morgan fingerprint density at radius 1 is 1.05 bits per heavy atom. The monoisotopic (exact) mass is 297 g/mol. The molecule has 1 aliphatic carbocycles. The number of hydrogen-bond acceptors (Lipinski definition) is 3. The Morgan fingerprint density at radius 3 is 2.33 bits per heavy atom. The molecule has 124 valence electrons. The molecular weight excluding hydrogens is 262 g/mol. The Morgan fingerprint density at radius 2 is 1.71 bits per heavy atom. The van der Waals surface area contributed by atoms with Gasteiger partial charge in [-0.25, -0.2) is 0 Å². The Hall–Kier alpha value is -0.570. The lowest BCUT2D eigenvalue weighted by Gasteiger charge is -2.23. The quantitative estimate of drug-likeness (QED) is 0.364. The molecule has 0 amide bonds. The van der Waals surface area contributed by atoms with Gasteiger partial charge in [-0.1, -0.05) is 64.7 Å². The van der Waals surface area contributed by atoms with E-state index in [0.717, 1.165) is 12.8 Å². The van der Waals surface area contributed by atoms with Gasteiger partial charge in [-0.3, -0.25) is 4.79 Å². The lowest BCUT2D eigenvalue weighted by molar-refractivity contribution is -0.146. The Bertz CT molecular complexity index is 260. The summed E-state index contributed by atoms with van der Waals surface area (Å²) in [5.74, 6) is -0.0442. The third-order valence-corrected chi connectivity index (χ3v) is 4.46. The fourth-order valence-electron chi connectivity index (χ4n) is 3.19. The summed E-state index contributed by atoms with van der Waals surface area (Å²) in [6, 6.07) is 0.423. The van der Waals surface area contributed by atoms with Crippen LogP contribution in [0, 0.1) is 0 Å². The first-order valence-electron chi connectivity index (χ1n) is 9.20. The van der Waals surface area contributed by atoms with Crippen LogP contribution in [0.2, 0.25) is 0 Å². The van der Waals surface area contributed by atoms with Crippen LogP contribution in [0.5, 0.6) is 0 Å².